The van der Waals surface area contributed by atoms with Crippen LogP contribution < -0.4 is 11.1 Å². The first kappa shape index (κ1) is 14.9. The van der Waals surface area contributed by atoms with Crippen molar-refractivity contribution in [2.75, 3.05) is 5.32 Å². The first-order valence-electron chi connectivity index (χ1n) is 6.76. The fourth-order valence-corrected chi connectivity index (χ4v) is 2.82. The molecule has 1 saturated heterocycles. The molecule has 108 valence electrons. The molecule has 1 aromatic rings. The van der Waals surface area contributed by atoms with Crippen LogP contribution in [0.5, 0.6) is 0 Å². The van der Waals surface area contributed by atoms with Crippen LogP contribution in [0.1, 0.15) is 26.3 Å². The number of nitrogens with two attached hydrogens (primary N) is 1. The van der Waals surface area contributed by atoms with Crippen LogP contribution in [0.4, 0.5) is 5.69 Å². The lowest BCUT2D eigenvalue weighted by Gasteiger charge is -2.18. The van der Waals surface area contributed by atoms with E-state index in [1.54, 1.807) is 6.07 Å². The second-order valence-corrected chi connectivity index (χ2v) is 5.81. The SMILES string of the molecule is CC1OC(C)C(C(=O)Nc2cccc(C(N)=S)c2)C1C. The average molecular weight is 292 g/mol. The third-order valence-electron chi connectivity index (χ3n) is 3.96. The van der Waals surface area contributed by atoms with Crippen molar-refractivity contribution in [3.8, 4) is 0 Å². The highest BCUT2D eigenvalue weighted by Crippen LogP contribution is 2.33. The quantitative estimate of drug-likeness (QED) is 0.839. The Morgan fingerprint density at radius 1 is 1.30 bits per heavy atom. The molecule has 1 fully saturated rings. The molecule has 4 atom stereocenters. The van der Waals surface area contributed by atoms with Crippen molar-refractivity contribution in [3.05, 3.63) is 29.8 Å². The smallest absolute Gasteiger partial charge is 0.230 e. The van der Waals surface area contributed by atoms with Gasteiger partial charge in [0.1, 0.15) is 4.99 Å². The molecule has 1 aromatic carbocycles. The first-order valence-corrected chi connectivity index (χ1v) is 7.17. The van der Waals surface area contributed by atoms with E-state index in [-0.39, 0.29) is 30.0 Å². The molecule has 1 amide bonds. The van der Waals surface area contributed by atoms with E-state index in [2.05, 4.69) is 5.32 Å². The maximum Gasteiger partial charge on any atom is 0.230 e. The topological polar surface area (TPSA) is 64.3 Å². The highest BCUT2D eigenvalue weighted by Gasteiger charge is 2.41. The molecular weight excluding hydrogens is 272 g/mol. The Hall–Kier alpha value is -1.46. The van der Waals surface area contributed by atoms with Crippen molar-refractivity contribution >= 4 is 28.8 Å². The third kappa shape index (κ3) is 2.99. The Balaban J connectivity index is 2.12. The summed E-state index contributed by atoms with van der Waals surface area (Å²) in [4.78, 5) is 12.7. The first-order chi connectivity index (χ1) is 9.40. The number of carbonyl (C=O) groups excluding carboxylic acids is 1. The van der Waals surface area contributed by atoms with Crippen LogP contribution in [0.3, 0.4) is 0 Å². The standard InChI is InChI=1S/C15H20N2O2S/c1-8-9(2)19-10(3)13(8)15(18)17-12-6-4-5-11(7-12)14(16)20/h4-10,13H,1-3H3,(H2,16,20)(H,17,18). The van der Waals surface area contributed by atoms with Gasteiger partial charge in [-0.25, -0.2) is 0 Å². The number of hydrogen-bond acceptors (Lipinski definition) is 3. The van der Waals surface area contributed by atoms with Gasteiger partial charge in [0.05, 0.1) is 18.1 Å². The van der Waals surface area contributed by atoms with E-state index in [1.165, 1.54) is 0 Å². The van der Waals surface area contributed by atoms with E-state index in [0.29, 0.717) is 10.7 Å². The molecule has 2 rings (SSSR count). The van der Waals surface area contributed by atoms with Crippen LogP contribution in [0.15, 0.2) is 24.3 Å². The Labute approximate surface area is 124 Å². The molecule has 0 bridgehead atoms. The van der Waals surface area contributed by atoms with Crippen molar-refractivity contribution in [2.24, 2.45) is 17.6 Å². The molecular formula is C15H20N2O2S. The summed E-state index contributed by atoms with van der Waals surface area (Å²) < 4.78 is 5.71. The van der Waals surface area contributed by atoms with Crippen LogP contribution in [0, 0.1) is 11.8 Å². The van der Waals surface area contributed by atoms with Gasteiger partial charge in [-0.2, -0.15) is 0 Å². The van der Waals surface area contributed by atoms with Gasteiger partial charge >= 0.3 is 0 Å². The molecule has 0 saturated carbocycles. The van der Waals surface area contributed by atoms with E-state index in [9.17, 15) is 4.79 Å². The second-order valence-electron chi connectivity index (χ2n) is 5.37. The molecule has 0 aromatic heterocycles. The molecule has 4 nitrogen and oxygen atoms in total. The minimum absolute atomic E-state index is 0.0190. The third-order valence-corrected chi connectivity index (χ3v) is 4.19. The monoisotopic (exact) mass is 292 g/mol. The molecule has 1 aliphatic rings. The second kappa shape index (κ2) is 5.89. The lowest BCUT2D eigenvalue weighted by atomic mass is 9.89. The molecule has 5 heteroatoms. The van der Waals surface area contributed by atoms with Gasteiger partial charge in [0.2, 0.25) is 5.91 Å². The molecule has 1 heterocycles. The molecule has 20 heavy (non-hydrogen) atoms. The fraction of sp³-hybridized carbons (Fsp3) is 0.467. The Morgan fingerprint density at radius 3 is 2.55 bits per heavy atom. The molecule has 4 unspecified atom stereocenters. The molecule has 0 radical (unpaired) electrons. The zero-order valence-corrected chi connectivity index (χ0v) is 12.7. The summed E-state index contributed by atoms with van der Waals surface area (Å²) in [6.07, 6.45) is 0.0301. The number of amides is 1. The number of hydrogen-bond donors (Lipinski definition) is 2. The fourth-order valence-electron chi connectivity index (χ4n) is 2.69. The summed E-state index contributed by atoms with van der Waals surface area (Å²) in [7, 11) is 0. The van der Waals surface area contributed by atoms with Gasteiger partial charge in [0.25, 0.3) is 0 Å². The summed E-state index contributed by atoms with van der Waals surface area (Å²) >= 11 is 4.94. The number of ether oxygens (including phenoxy) is 1. The van der Waals surface area contributed by atoms with Gasteiger partial charge in [0.15, 0.2) is 0 Å². The summed E-state index contributed by atoms with van der Waals surface area (Å²) in [6, 6.07) is 7.26. The summed E-state index contributed by atoms with van der Waals surface area (Å²) in [5, 5.41) is 2.93. The molecule has 0 spiro atoms. The Morgan fingerprint density at radius 2 is 2.00 bits per heavy atom. The Bertz CT molecular complexity index is 532. The van der Waals surface area contributed by atoms with E-state index in [1.807, 2.05) is 39.0 Å². The predicted octanol–water partition coefficient (Wildman–Crippen LogP) is 2.32. The van der Waals surface area contributed by atoms with Crippen molar-refractivity contribution in [1.82, 2.24) is 0 Å². The van der Waals surface area contributed by atoms with Crippen LogP contribution in [0.25, 0.3) is 0 Å². The van der Waals surface area contributed by atoms with Crippen LogP contribution >= 0.6 is 12.2 Å². The normalized spacial score (nSPS) is 29.1. The van der Waals surface area contributed by atoms with Crippen LogP contribution in [-0.2, 0) is 9.53 Å². The van der Waals surface area contributed by atoms with Gasteiger partial charge in [-0.05, 0) is 31.9 Å². The predicted molar refractivity (Wildman–Crippen MR) is 83.6 cm³/mol. The highest BCUT2D eigenvalue weighted by atomic mass is 32.1. The van der Waals surface area contributed by atoms with Gasteiger partial charge in [-0.15, -0.1) is 0 Å². The Kier molecular flexibility index (Phi) is 4.40. The van der Waals surface area contributed by atoms with E-state index in [4.69, 9.17) is 22.7 Å². The molecule has 3 N–H and O–H groups in total. The van der Waals surface area contributed by atoms with Crippen LogP contribution in [0.2, 0.25) is 0 Å². The number of thiocarbonyl (C=S) groups is 1. The van der Waals surface area contributed by atoms with Gasteiger partial charge in [-0.1, -0.05) is 31.3 Å². The largest absolute Gasteiger partial charge is 0.389 e. The van der Waals surface area contributed by atoms with E-state index in [0.717, 1.165) is 5.56 Å². The molecule has 1 aliphatic heterocycles. The number of nitrogens with one attached hydrogen (secondary N) is 1. The van der Waals surface area contributed by atoms with Gasteiger partial charge in [0, 0.05) is 11.3 Å². The number of benzene rings is 1. The van der Waals surface area contributed by atoms with E-state index >= 15 is 0 Å². The minimum Gasteiger partial charge on any atom is -0.389 e. The maximum absolute atomic E-state index is 12.4. The zero-order chi connectivity index (χ0) is 14.9. The molecule has 0 aliphatic carbocycles. The van der Waals surface area contributed by atoms with Crippen molar-refractivity contribution in [1.29, 1.82) is 0 Å². The van der Waals surface area contributed by atoms with Crippen molar-refractivity contribution < 1.29 is 9.53 Å². The zero-order valence-electron chi connectivity index (χ0n) is 11.9. The average Bonchev–Trinajstić information content (AvgIpc) is 2.63. The summed E-state index contributed by atoms with van der Waals surface area (Å²) in [5.41, 5.74) is 7.05. The van der Waals surface area contributed by atoms with Gasteiger partial charge in [-0.3, -0.25) is 4.79 Å². The van der Waals surface area contributed by atoms with Gasteiger partial charge < -0.3 is 15.8 Å². The minimum atomic E-state index is -0.140. The summed E-state index contributed by atoms with van der Waals surface area (Å²) in [5.74, 6) is 0.0386. The van der Waals surface area contributed by atoms with E-state index < -0.39 is 0 Å². The van der Waals surface area contributed by atoms with Crippen LogP contribution in [-0.4, -0.2) is 23.1 Å². The van der Waals surface area contributed by atoms with Crippen molar-refractivity contribution in [3.63, 3.8) is 0 Å². The summed E-state index contributed by atoms with van der Waals surface area (Å²) in [6.45, 7) is 5.99. The lowest BCUT2D eigenvalue weighted by molar-refractivity contribution is -0.121. The number of anilines is 1. The highest BCUT2D eigenvalue weighted by molar-refractivity contribution is 7.80. The number of rotatable bonds is 3. The maximum atomic E-state index is 12.4. The lowest BCUT2D eigenvalue weighted by Crippen LogP contribution is -2.32. The number of carbonyl (C=O) groups is 1. The van der Waals surface area contributed by atoms with Crippen molar-refractivity contribution in [2.45, 2.75) is 33.0 Å².